The second-order valence-corrected chi connectivity index (χ2v) is 7.93. The Morgan fingerprint density at radius 3 is 2.58 bits per heavy atom. The van der Waals surface area contributed by atoms with E-state index in [1.807, 2.05) is 11.0 Å². The number of furan rings is 1. The van der Waals surface area contributed by atoms with Crippen molar-refractivity contribution in [2.45, 2.75) is 36.6 Å². The molecule has 0 bridgehead atoms. The molecule has 1 spiro atoms. The highest BCUT2D eigenvalue weighted by Crippen LogP contribution is 2.40. The normalized spacial score (nSPS) is 19.6. The van der Waals surface area contributed by atoms with Crippen LogP contribution in [0.5, 0.6) is 0 Å². The molecule has 4 rings (SSSR count). The number of hydrogen-bond acceptors (Lipinski definition) is 6. The molecule has 2 fully saturated rings. The first-order valence-corrected chi connectivity index (χ1v) is 10.1. The summed E-state index contributed by atoms with van der Waals surface area (Å²) in [6.07, 6.45) is 7.81. The van der Waals surface area contributed by atoms with E-state index in [2.05, 4.69) is 9.97 Å². The number of thioether (sulfide) groups is 1. The van der Waals surface area contributed by atoms with Crippen molar-refractivity contribution < 1.29 is 13.9 Å². The zero-order chi connectivity index (χ0) is 17.8. The lowest BCUT2D eigenvalue weighted by atomic mass is 9.72. The number of piperidine rings is 1. The molecule has 0 aliphatic carbocycles. The van der Waals surface area contributed by atoms with E-state index in [9.17, 15) is 4.79 Å². The molecule has 0 radical (unpaired) electrons. The Morgan fingerprint density at radius 1 is 1.12 bits per heavy atom. The van der Waals surface area contributed by atoms with Crippen molar-refractivity contribution in [1.29, 1.82) is 0 Å². The van der Waals surface area contributed by atoms with Crippen LogP contribution in [0.1, 0.15) is 42.0 Å². The van der Waals surface area contributed by atoms with Gasteiger partial charge in [0, 0.05) is 38.7 Å². The van der Waals surface area contributed by atoms with E-state index < -0.39 is 0 Å². The third kappa shape index (κ3) is 3.94. The van der Waals surface area contributed by atoms with Gasteiger partial charge in [0.2, 0.25) is 0 Å². The van der Waals surface area contributed by atoms with Gasteiger partial charge in [-0.3, -0.25) is 4.79 Å². The van der Waals surface area contributed by atoms with E-state index in [0.717, 1.165) is 57.7 Å². The van der Waals surface area contributed by atoms with E-state index in [-0.39, 0.29) is 5.91 Å². The lowest BCUT2D eigenvalue weighted by Crippen LogP contribution is -2.45. The van der Waals surface area contributed by atoms with E-state index in [4.69, 9.17) is 9.15 Å². The maximum absolute atomic E-state index is 12.7. The summed E-state index contributed by atoms with van der Waals surface area (Å²) in [5, 5.41) is 0.703. The minimum absolute atomic E-state index is 0.000814. The number of rotatable bonds is 4. The number of aromatic nitrogens is 2. The van der Waals surface area contributed by atoms with Crippen LogP contribution in [0.3, 0.4) is 0 Å². The fraction of sp³-hybridized carbons (Fsp3) is 0.526. The molecule has 138 valence electrons. The second-order valence-electron chi connectivity index (χ2n) is 6.99. The van der Waals surface area contributed by atoms with Crippen LogP contribution in [0.15, 0.2) is 40.2 Å². The number of ether oxygens (including phenoxy) is 1. The van der Waals surface area contributed by atoms with Crippen LogP contribution in [0.2, 0.25) is 0 Å². The van der Waals surface area contributed by atoms with E-state index >= 15 is 0 Å². The van der Waals surface area contributed by atoms with Gasteiger partial charge in [-0.1, -0.05) is 11.8 Å². The van der Waals surface area contributed by atoms with Crippen LogP contribution in [0.25, 0.3) is 0 Å². The van der Waals surface area contributed by atoms with Gasteiger partial charge in [-0.05, 0) is 49.3 Å². The van der Waals surface area contributed by atoms with Crippen molar-refractivity contribution in [2.75, 3.05) is 26.3 Å². The van der Waals surface area contributed by atoms with Gasteiger partial charge in [-0.15, -0.1) is 0 Å². The van der Waals surface area contributed by atoms with Crippen LogP contribution < -0.4 is 0 Å². The Balaban J connectivity index is 1.32. The lowest BCUT2D eigenvalue weighted by Gasteiger charge is -2.43. The monoisotopic (exact) mass is 373 g/mol. The van der Waals surface area contributed by atoms with Crippen LogP contribution in [-0.2, 0) is 10.5 Å². The molecule has 2 aliphatic heterocycles. The van der Waals surface area contributed by atoms with Crippen molar-refractivity contribution in [1.82, 2.24) is 14.9 Å². The molecule has 7 heteroatoms. The minimum atomic E-state index is -0.000814. The summed E-state index contributed by atoms with van der Waals surface area (Å²) in [4.78, 5) is 23.0. The number of hydrogen-bond donors (Lipinski definition) is 0. The Bertz CT molecular complexity index is 733. The van der Waals surface area contributed by atoms with E-state index in [0.29, 0.717) is 22.1 Å². The summed E-state index contributed by atoms with van der Waals surface area (Å²) < 4.78 is 11.3. The molecule has 0 aromatic carbocycles. The topological polar surface area (TPSA) is 68.5 Å². The van der Waals surface area contributed by atoms with Gasteiger partial charge in [0.1, 0.15) is 5.76 Å². The third-order valence-electron chi connectivity index (χ3n) is 5.42. The average molecular weight is 373 g/mol. The molecular formula is C19H23N3O3S. The highest BCUT2D eigenvalue weighted by molar-refractivity contribution is 7.98. The molecule has 2 aliphatic rings. The lowest BCUT2D eigenvalue weighted by molar-refractivity contribution is -0.0180. The van der Waals surface area contributed by atoms with Crippen LogP contribution >= 0.6 is 11.8 Å². The summed E-state index contributed by atoms with van der Waals surface area (Å²) in [7, 11) is 0. The quantitative estimate of drug-likeness (QED) is 0.604. The third-order valence-corrected chi connectivity index (χ3v) is 6.32. The first-order valence-electron chi connectivity index (χ1n) is 9.10. The van der Waals surface area contributed by atoms with Crippen molar-refractivity contribution in [2.24, 2.45) is 5.41 Å². The number of amides is 1. The van der Waals surface area contributed by atoms with E-state index in [1.54, 1.807) is 24.5 Å². The van der Waals surface area contributed by atoms with Gasteiger partial charge < -0.3 is 14.1 Å². The molecule has 6 nitrogen and oxygen atoms in total. The van der Waals surface area contributed by atoms with Crippen LogP contribution in [0, 0.1) is 5.41 Å². The maximum Gasteiger partial charge on any atom is 0.289 e. The smallest absolute Gasteiger partial charge is 0.289 e. The van der Waals surface area contributed by atoms with Gasteiger partial charge in [-0.2, -0.15) is 0 Å². The predicted octanol–water partition coefficient (Wildman–Crippen LogP) is 3.39. The summed E-state index contributed by atoms with van der Waals surface area (Å²) in [5.41, 5.74) is 0.385. The Labute approximate surface area is 157 Å². The van der Waals surface area contributed by atoms with Gasteiger partial charge in [-0.25, -0.2) is 9.97 Å². The number of carbonyl (C=O) groups is 1. The molecule has 0 N–H and O–H groups in total. The van der Waals surface area contributed by atoms with Crippen LogP contribution in [0.4, 0.5) is 0 Å². The molecule has 2 aromatic rings. The number of likely N-dealkylation sites (tertiary alicyclic amines) is 1. The SMILES string of the molecule is O=C(c1ccc(CSc2ncccn2)o1)N1CCC2(CCOCC2)CC1. The molecule has 1 amide bonds. The molecule has 2 aromatic heterocycles. The van der Waals surface area contributed by atoms with Gasteiger partial charge >= 0.3 is 0 Å². The summed E-state index contributed by atoms with van der Waals surface area (Å²) in [5.74, 6) is 1.81. The molecule has 0 saturated carbocycles. The summed E-state index contributed by atoms with van der Waals surface area (Å²) in [6, 6.07) is 5.44. The fourth-order valence-electron chi connectivity index (χ4n) is 3.71. The first-order chi connectivity index (χ1) is 12.7. The highest BCUT2D eigenvalue weighted by atomic mass is 32.2. The molecular weight excluding hydrogens is 350 g/mol. The highest BCUT2D eigenvalue weighted by Gasteiger charge is 2.37. The summed E-state index contributed by atoms with van der Waals surface area (Å²) in [6.45, 7) is 3.33. The molecule has 26 heavy (non-hydrogen) atoms. The Kier molecular flexibility index (Phi) is 5.26. The predicted molar refractivity (Wildman–Crippen MR) is 97.9 cm³/mol. The van der Waals surface area contributed by atoms with E-state index in [1.165, 1.54) is 11.8 Å². The number of carbonyl (C=O) groups excluding carboxylic acids is 1. The maximum atomic E-state index is 12.7. The molecule has 0 unspecified atom stereocenters. The van der Waals surface area contributed by atoms with Crippen molar-refractivity contribution in [3.05, 3.63) is 42.1 Å². The Hall–Kier alpha value is -1.86. The van der Waals surface area contributed by atoms with Gasteiger partial charge in [0.15, 0.2) is 10.9 Å². The van der Waals surface area contributed by atoms with Crippen molar-refractivity contribution >= 4 is 17.7 Å². The van der Waals surface area contributed by atoms with Gasteiger partial charge in [0.05, 0.1) is 5.75 Å². The standard InChI is InChI=1S/C19H23N3O3S/c23-17(22-10-4-19(5-11-22)6-12-24-13-7-19)16-3-2-15(25-16)14-26-18-20-8-1-9-21-18/h1-3,8-9H,4-7,10-14H2. The van der Waals surface area contributed by atoms with Crippen molar-refractivity contribution in [3.63, 3.8) is 0 Å². The minimum Gasteiger partial charge on any atom is -0.455 e. The first kappa shape index (κ1) is 17.5. The van der Waals surface area contributed by atoms with Gasteiger partial charge in [0.25, 0.3) is 5.91 Å². The zero-order valence-corrected chi connectivity index (χ0v) is 15.5. The fourth-order valence-corrected chi connectivity index (χ4v) is 4.41. The molecule has 4 heterocycles. The average Bonchev–Trinajstić information content (AvgIpc) is 3.17. The van der Waals surface area contributed by atoms with Crippen LogP contribution in [-0.4, -0.2) is 47.1 Å². The second kappa shape index (κ2) is 7.80. The van der Waals surface area contributed by atoms with Crippen molar-refractivity contribution in [3.8, 4) is 0 Å². The Morgan fingerprint density at radius 2 is 1.85 bits per heavy atom. The largest absolute Gasteiger partial charge is 0.455 e. The molecule has 2 saturated heterocycles. The number of nitrogens with zero attached hydrogens (tertiary/aromatic N) is 3. The summed E-state index contributed by atoms with van der Waals surface area (Å²) >= 11 is 1.50. The molecule has 0 atom stereocenters. The zero-order valence-electron chi connectivity index (χ0n) is 14.7.